The molecule has 0 aliphatic carbocycles. The van der Waals surface area contributed by atoms with E-state index in [4.69, 9.17) is 15.7 Å². The van der Waals surface area contributed by atoms with E-state index in [-0.39, 0.29) is 0 Å². The Balaban J connectivity index is 1.51. The van der Waals surface area contributed by atoms with Gasteiger partial charge in [-0.1, -0.05) is 20.8 Å². The summed E-state index contributed by atoms with van der Waals surface area (Å²) >= 11 is 3.08. The molecule has 0 saturated carbocycles. The van der Waals surface area contributed by atoms with Crippen molar-refractivity contribution in [2.45, 2.75) is 44.2 Å². The van der Waals surface area contributed by atoms with Gasteiger partial charge in [0.2, 0.25) is 11.9 Å². The first-order valence-corrected chi connectivity index (χ1v) is 12.8. The van der Waals surface area contributed by atoms with E-state index in [0.717, 1.165) is 53.3 Å². The molecule has 0 bridgehead atoms. The Morgan fingerprint density at radius 3 is 2.42 bits per heavy atom. The van der Waals surface area contributed by atoms with Crippen LogP contribution in [0.25, 0.3) is 0 Å². The number of rotatable bonds is 7. The summed E-state index contributed by atoms with van der Waals surface area (Å²) in [6.07, 6.45) is 3.04. The average molecular weight is 485 g/mol. The smallest absolute Gasteiger partial charge is 0.234 e. The Morgan fingerprint density at radius 1 is 1.06 bits per heavy atom. The summed E-state index contributed by atoms with van der Waals surface area (Å²) in [6, 6.07) is 7.74. The second-order valence-corrected chi connectivity index (χ2v) is 11.7. The fourth-order valence-corrected chi connectivity index (χ4v) is 4.80. The van der Waals surface area contributed by atoms with Crippen molar-refractivity contribution in [2.75, 3.05) is 48.7 Å². The Morgan fingerprint density at radius 2 is 1.79 bits per heavy atom. The minimum Gasteiger partial charge on any atom is -0.399 e. The van der Waals surface area contributed by atoms with E-state index in [0.29, 0.717) is 22.5 Å². The second kappa shape index (κ2) is 10.2. The van der Waals surface area contributed by atoms with Gasteiger partial charge in [-0.05, 0) is 61.3 Å². The van der Waals surface area contributed by atoms with Crippen LogP contribution < -0.4 is 16.0 Å². The maximum Gasteiger partial charge on any atom is 0.234 e. The van der Waals surface area contributed by atoms with E-state index >= 15 is 0 Å². The van der Waals surface area contributed by atoms with Crippen LogP contribution >= 0.6 is 23.1 Å². The van der Waals surface area contributed by atoms with Crippen molar-refractivity contribution in [3.63, 3.8) is 0 Å². The third-order valence-corrected chi connectivity index (χ3v) is 7.07. The molecular formula is C23H32N8S2. The minimum absolute atomic E-state index is 0.355. The lowest BCUT2D eigenvalue weighted by atomic mass is 9.92. The molecule has 4 rings (SSSR count). The Hall–Kier alpha value is -2.43. The molecule has 33 heavy (non-hydrogen) atoms. The molecule has 1 fully saturated rings. The van der Waals surface area contributed by atoms with Gasteiger partial charge in [0.25, 0.3) is 0 Å². The van der Waals surface area contributed by atoms with E-state index in [1.807, 2.05) is 37.4 Å². The Bertz CT molecular complexity index is 1050. The van der Waals surface area contributed by atoms with Crippen LogP contribution in [0.15, 0.2) is 40.5 Å². The quantitative estimate of drug-likeness (QED) is 0.464. The molecule has 8 nitrogen and oxygen atoms in total. The predicted molar refractivity (Wildman–Crippen MR) is 138 cm³/mol. The number of nitrogens with zero attached hydrogens (tertiary/aromatic N) is 6. The topological polar surface area (TPSA) is 96.1 Å². The first-order chi connectivity index (χ1) is 15.7. The normalized spacial score (nSPS) is 15.1. The van der Waals surface area contributed by atoms with Gasteiger partial charge >= 0.3 is 0 Å². The largest absolute Gasteiger partial charge is 0.399 e. The van der Waals surface area contributed by atoms with Crippen molar-refractivity contribution in [1.29, 1.82) is 0 Å². The van der Waals surface area contributed by atoms with Crippen molar-refractivity contribution in [3.05, 3.63) is 35.3 Å². The Labute approximate surface area is 204 Å². The number of aromatic nitrogens is 4. The van der Waals surface area contributed by atoms with E-state index in [2.05, 4.69) is 45.9 Å². The summed E-state index contributed by atoms with van der Waals surface area (Å²) < 4.78 is 0. The lowest BCUT2D eigenvalue weighted by Gasteiger charge is -2.36. The SMILES string of the molecule is Cc1cnc(Nc2nc(Sc3ccc(N)cc3)nc(N3CCN(CCC(C)(C)C)CC3)n2)s1. The number of hydrogen-bond acceptors (Lipinski definition) is 10. The van der Waals surface area contributed by atoms with Crippen LogP contribution in [-0.2, 0) is 0 Å². The molecule has 3 heterocycles. The molecule has 1 aliphatic rings. The molecule has 10 heteroatoms. The van der Waals surface area contributed by atoms with Crippen LogP contribution in [0.1, 0.15) is 32.1 Å². The predicted octanol–water partition coefficient (Wildman–Crippen LogP) is 4.67. The minimum atomic E-state index is 0.355. The zero-order chi connectivity index (χ0) is 23.4. The van der Waals surface area contributed by atoms with Crippen LogP contribution in [0.2, 0.25) is 0 Å². The molecule has 0 radical (unpaired) electrons. The summed E-state index contributed by atoms with van der Waals surface area (Å²) in [5, 5.41) is 4.69. The fraction of sp³-hybridized carbons (Fsp3) is 0.478. The van der Waals surface area contributed by atoms with Gasteiger partial charge in [-0.25, -0.2) is 4.98 Å². The molecule has 0 amide bonds. The number of aryl methyl sites for hydroxylation is 1. The van der Waals surface area contributed by atoms with E-state index in [1.165, 1.54) is 18.2 Å². The number of thiazole rings is 1. The molecule has 1 saturated heterocycles. The molecule has 1 aliphatic heterocycles. The first-order valence-electron chi connectivity index (χ1n) is 11.2. The van der Waals surface area contributed by atoms with Crippen LogP contribution in [0.3, 0.4) is 0 Å². The molecule has 176 valence electrons. The second-order valence-electron chi connectivity index (χ2n) is 9.45. The van der Waals surface area contributed by atoms with Crippen LogP contribution in [0.4, 0.5) is 22.7 Å². The standard InChI is InChI=1S/C23H32N8S2/c1-16-15-25-21(32-16)27-19-26-20(29-22(28-19)33-18-7-5-17(24)6-8-18)31-13-11-30(12-14-31)10-9-23(2,3)4/h5-8,15H,9-14,24H2,1-4H3,(H,25,26,27,28,29). The monoisotopic (exact) mass is 484 g/mol. The van der Waals surface area contributed by atoms with E-state index < -0.39 is 0 Å². The number of benzene rings is 1. The summed E-state index contributed by atoms with van der Waals surface area (Å²) in [5.74, 6) is 1.22. The molecule has 0 spiro atoms. The zero-order valence-corrected chi connectivity index (χ0v) is 21.3. The van der Waals surface area contributed by atoms with Crippen molar-refractivity contribution in [3.8, 4) is 0 Å². The molecule has 2 aromatic heterocycles. The van der Waals surface area contributed by atoms with Crippen molar-refractivity contribution in [2.24, 2.45) is 5.41 Å². The summed E-state index contributed by atoms with van der Waals surface area (Å²) in [6.45, 7) is 13.9. The fourth-order valence-electron chi connectivity index (χ4n) is 3.40. The maximum atomic E-state index is 5.83. The highest BCUT2D eigenvalue weighted by Crippen LogP contribution is 2.29. The van der Waals surface area contributed by atoms with Crippen molar-refractivity contribution < 1.29 is 0 Å². The summed E-state index contributed by atoms with van der Waals surface area (Å²) in [5.41, 5.74) is 6.93. The molecule has 0 atom stereocenters. The van der Waals surface area contributed by atoms with Gasteiger partial charge in [0, 0.05) is 47.8 Å². The van der Waals surface area contributed by atoms with Crippen LogP contribution in [0.5, 0.6) is 0 Å². The van der Waals surface area contributed by atoms with Crippen molar-refractivity contribution >= 4 is 45.8 Å². The molecular weight excluding hydrogens is 452 g/mol. The molecule has 1 aromatic carbocycles. The number of hydrogen-bond donors (Lipinski definition) is 2. The van der Waals surface area contributed by atoms with Gasteiger partial charge in [-0.3, -0.25) is 10.2 Å². The molecule has 0 unspecified atom stereocenters. The van der Waals surface area contributed by atoms with Gasteiger partial charge in [-0.2, -0.15) is 15.0 Å². The van der Waals surface area contributed by atoms with E-state index in [1.54, 1.807) is 11.3 Å². The zero-order valence-electron chi connectivity index (χ0n) is 19.7. The number of nitrogen functional groups attached to an aromatic ring is 1. The Kier molecular flexibility index (Phi) is 7.35. The highest BCUT2D eigenvalue weighted by Gasteiger charge is 2.22. The maximum absolute atomic E-state index is 5.83. The van der Waals surface area contributed by atoms with Crippen LogP contribution in [0, 0.1) is 12.3 Å². The number of anilines is 4. The molecule has 3 aromatic rings. The van der Waals surface area contributed by atoms with E-state index in [9.17, 15) is 0 Å². The summed E-state index contributed by atoms with van der Waals surface area (Å²) in [4.78, 5) is 25.5. The van der Waals surface area contributed by atoms with Gasteiger partial charge in [0.15, 0.2) is 10.3 Å². The van der Waals surface area contributed by atoms with Gasteiger partial charge in [-0.15, -0.1) is 11.3 Å². The third-order valence-electron chi connectivity index (χ3n) is 5.37. The average Bonchev–Trinajstić information content (AvgIpc) is 3.18. The molecule has 3 N–H and O–H groups in total. The lowest BCUT2D eigenvalue weighted by Crippen LogP contribution is -2.47. The van der Waals surface area contributed by atoms with Gasteiger partial charge in [0.1, 0.15) is 0 Å². The first kappa shape index (κ1) is 23.7. The highest BCUT2D eigenvalue weighted by molar-refractivity contribution is 7.99. The third kappa shape index (κ3) is 7.02. The summed E-state index contributed by atoms with van der Waals surface area (Å²) in [7, 11) is 0. The number of nitrogens with one attached hydrogen (secondary N) is 1. The van der Waals surface area contributed by atoms with Gasteiger partial charge < -0.3 is 10.6 Å². The van der Waals surface area contributed by atoms with Crippen molar-refractivity contribution in [1.82, 2.24) is 24.8 Å². The van der Waals surface area contributed by atoms with Gasteiger partial charge in [0.05, 0.1) is 0 Å². The highest BCUT2D eigenvalue weighted by atomic mass is 32.2. The number of piperazine rings is 1. The number of nitrogens with two attached hydrogens (primary N) is 1. The van der Waals surface area contributed by atoms with Crippen LogP contribution in [-0.4, -0.2) is 57.6 Å². The lowest BCUT2D eigenvalue weighted by molar-refractivity contribution is 0.216.